The van der Waals surface area contributed by atoms with Gasteiger partial charge in [0.2, 0.25) is 0 Å². The largest absolute Gasteiger partial charge is 0.295 e. The van der Waals surface area contributed by atoms with E-state index >= 15 is 0 Å². The van der Waals surface area contributed by atoms with Gasteiger partial charge in [0.1, 0.15) is 11.6 Å². The van der Waals surface area contributed by atoms with Gasteiger partial charge in [0.25, 0.3) is 0 Å². The number of imidazole rings is 1. The number of hydrogen-bond acceptors (Lipinski definition) is 1. The Morgan fingerprint density at radius 2 is 1.81 bits per heavy atom. The lowest BCUT2D eigenvalue weighted by Crippen LogP contribution is -2.01. The third-order valence-electron chi connectivity index (χ3n) is 3.05. The Bertz CT molecular complexity index is 848. The van der Waals surface area contributed by atoms with Crippen LogP contribution in [0.15, 0.2) is 30.3 Å². The summed E-state index contributed by atoms with van der Waals surface area (Å²) in [6, 6.07) is 6.32. The quantitative estimate of drug-likeness (QED) is 0.429. The third-order valence-corrected chi connectivity index (χ3v) is 4.11. The molecule has 2 nitrogen and oxygen atoms in total. The number of halogens is 5. The molecule has 0 saturated heterocycles. The van der Waals surface area contributed by atoms with Crippen molar-refractivity contribution in [2.75, 3.05) is 0 Å². The molecule has 21 heavy (non-hydrogen) atoms. The predicted molar refractivity (Wildman–Crippen MR) is 83.2 cm³/mol. The molecule has 0 aliphatic carbocycles. The predicted octanol–water partition coefficient (Wildman–Crippen LogP) is 4.79. The van der Waals surface area contributed by atoms with Crippen molar-refractivity contribution in [3.05, 3.63) is 57.2 Å². The zero-order valence-electron chi connectivity index (χ0n) is 10.4. The summed E-state index contributed by atoms with van der Waals surface area (Å²) in [7, 11) is 0. The van der Waals surface area contributed by atoms with Crippen LogP contribution in [0.2, 0.25) is 0 Å². The molecule has 1 aromatic heterocycles. The van der Waals surface area contributed by atoms with Crippen LogP contribution in [0.3, 0.4) is 0 Å². The Hall–Kier alpha value is -1.28. The summed E-state index contributed by atoms with van der Waals surface area (Å²) in [6.45, 7) is 0. The highest BCUT2D eigenvalue weighted by atomic mass is 127. The zero-order chi connectivity index (χ0) is 15.1. The van der Waals surface area contributed by atoms with Crippen molar-refractivity contribution in [3.63, 3.8) is 0 Å². The van der Waals surface area contributed by atoms with Crippen LogP contribution in [0.25, 0.3) is 16.7 Å². The van der Waals surface area contributed by atoms with Gasteiger partial charge in [0, 0.05) is 12.1 Å². The molecule has 1 heterocycles. The standard InChI is InChI=1S/C14H7ClF3IN2/c15-6-14-20-12-5-11(19)10(18)4-13(12)21(14)7-1-2-8(16)9(17)3-7/h1-5H,6H2. The van der Waals surface area contributed by atoms with Gasteiger partial charge < -0.3 is 0 Å². The molecule has 3 aromatic rings. The Kier molecular flexibility index (Phi) is 3.83. The molecule has 0 radical (unpaired) electrons. The minimum atomic E-state index is -0.985. The van der Waals surface area contributed by atoms with Gasteiger partial charge in [0.15, 0.2) is 11.6 Å². The van der Waals surface area contributed by atoms with E-state index in [0.29, 0.717) is 26.1 Å². The number of nitrogens with zero attached hydrogens (tertiary/aromatic N) is 2. The van der Waals surface area contributed by atoms with E-state index in [1.807, 2.05) is 22.6 Å². The number of fused-ring (bicyclic) bond motifs is 1. The van der Waals surface area contributed by atoms with Crippen LogP contribution in [0, 0.1) is 21.0 Å². The summed E-state index contributed by atoms with van der Waals surface area (Å²) in [5.41, 5.74) is 1.34. The van der Waals surface area contributed by atoms with E-state index in [1.54, 1.807) is 6.07 Å². The van der Waals surface area contributed by atoms with Crippen LogP contribution in [-0.4, -0.2) is 9.55 Å². The van der Waals surface area contributed by atoms with E-state index in [9.17, 15) is 13.2 Å². The molecular weight excluding hydrogens is 416 g/mol. The molecule has 0 fully saturated rings. The van der Waals surface area contributed by atoms with Crippen LogP contribution < -0.4 is 0 Å². The van der Waals surface area contributed by atoms with Crippen LogP contribution in [0.1, 0.15) is 5.82 Å². The molecule has 2 aromatic carbocycles. The van der Waals surface area contributed by atoms with Crippen molar-refractivity contribution in [1.82, 2.24) is 9.55 Å². The summed E-state index contributed by atoms with van der Waals surface area (Å²) in [5, 5.41) is 0. The first kappa shape index (κ1) is 14.6. The van der Waals surface area contributed by atoms with E-state index in [-0.39, 0.29) is 5.88 Å². The van der Waals surface area contributed by atoms with Gasteiger partial charge in [-0.1, -0.05) is 0 Å². The maximum absolute atomic E-state index is 13.8. The first-order valence-corrected chi connectivity index (χ1v) is 7.50. The highest BCUT2D eigenvalue weighted by molar-refractivity contribution is 14.1. The summed E-state index contributed by atoms with van der Waals surface area (Å²) in [5.74, 6) is -1.85. The van der Waals surface area contributed by atoms with Gasteiger partial charge in [-0.3, -0.25) is 4.57 Å². The smallest absolute Gasteiger partial charge is 0.160 e. The lowest BCUT2D eigenvalue weighted by atomic mass is 10.2. The van der Waals surface area contributed by atoms with E-state index in [1.165, 1.54) is 16.7 Å². The second kappa shape index (κ2) is 5.49. The Balaban J connectivity index is 2.34. The maximum Gasteiger partial charge on any atom is 0.160 e. The highest BCUT2D eigenvalue weighted by Gasteiger charge is 2.15. The third kappa shape index (κ3) is 2.50. The molecule has 0 aliphatic heterocycles. The summed E-state index contributed by atoms with van der Waals surface area (Å²) in [6.07, 6.45) is 0. The molecule has 0 spiro atoms. The Morgan fingerprint density at radius 3 is 2.48 bits per heavy atom. The van der Waals surface area contributed by atoms with Crippen molar-refractivity contribution < 1.29 is 13.2 Å². The molecule has 0 atom stereocenters. The summed E-state index contributed by atoms with van der Waals surface area (Å²) < 4.78 is 42.2. The Labute approximate surface area is 136 Å². The van der Waals surface area contributed by atoms with Gasteiger partial charge >= 0.3 is 0 Å². The molecule has 0 saturated carbocycles. The number of benzene rings is 2. The molecule has 7 heteroatoms. The van der Waals surface area contributed by atoms with Crippen molar-refractivity contribution >= 4 is 45.2 Å². The SMILES string of the molecule is Fc1ccc(-n2c(CCl)nc3cc(I)c(F)cc32)cc1F. The van der Waals surface area contributed by atoms with Crippen LogP contribution in [0.5, 0.6) is 0 Å². The summed E-state index contributed by atoms with van der Waals surface area (Å²) >= 11 is 7.72. The van der Waals surface area contributed by atoms with Crippen molar-refractivity contribution in [1.29, 1.82) is 0 Å². The van der Waals surface area contributed by atoms with Crippen molar-refractivity contribution in [3.8, 4) is 5.69 Å². The second-order valence-electron chi connectivity index (χ2n) is 4.35. The normalized spacial score (nSPS) is 11.3. The van der Waals surface area contributed by atoms with E-state index in [4.69, 9.17) is 11.6 Å². The van der Waals surface area contributed by atoms with E-state index in [2.05, 4.69) is 4.98 Å². The molecule has 0 amide bonds. The molecule has 108 valence electrons. The van der Waals surface area contributed by atoms with Gasteiger partial charge in [-0.05, 0) is 40.8 Å². The number of rotatable bonds is 2. The number of alkyl halides is 1. The van der Waals surface area contributed by atoms with E-state index in [0.717, 1.165) is 12.1 Å². The number of hydrogen-bond donors (Lipinski definition) is 0. The zero-order valence-corrected chi connectivity index (χ0v) is 13.3. The second-order valence-corrected chi connectivity index (χ2v) is 5.78. The fourth-order valence-electron chi connectivity index (χ4n) is 2.12. The minimum Gasteiger partial charge on any atom is -0.295 e. The molecule has 3 rings (SSSR count). The van der Waals surface area contributed by atoms with Gasteiger partial charge in [0.05, 0.1) is 26.2 Å². The highest BCUT2D eigenvalue weighted by Crippen LogP contribution is 2.26. The van der Waals surface area contributed by atoms with Crippen molar-refractivity contribution in [2.45, 2.75) is 5.88 Å². The Morgan fingerprint density at radius 1 is 1.05 bits per heavy atom. The minimum absolute atomic E-state index is 0.0614. The van der Waals surface area contributed by atoms with Gasteiger partial charge in [-0.2, -0.15) is 0 Å². The molecule has 0 N–H and O–H groups in total. The fraction of sp³-hybridized carbons (Fsp3) is 0.0714. The van der Waals surface area contributed by atoms with Crippen LogP contribution >= 0.6 is 34.2 Å². The molecule has 0 aliphatic rings. The van der Waals surface area contributed by atoms with Gasteiger partial charge in [-0.15, -0.1) is 11.6 Å². The lowest BCUT2D eigenvalue weighted by molar-refractivity contribution is 0.508. The van der Waals surface area contributed by atoms with Crippen molar-refractivity contribution in [2.24, 2.45) is 0 Å². The topological polar surface area (TPSA) is 17.8 Å². The average Bonchev–Trinajstić information content (AvgIpc) is 2.80. The number of aromatic nitrogens is 2. The average molecular weight is 423 g/mol. The lowest BCUT2D eigenvalue weighted by Gasteiger charge is -2.08. The summed E-state index contributed by atoms with van der Waals surface area (Å²) in [4.78, 5) is 4.30. The fourth-order valence-corrected chi connectivity index (χ4v) is 2.75. The maximum atomic E-state index is 13.8. The molecular formula is C14H7ClF3IN2. The van der Waals surface area contributed by atoms with Crippen LogP contribution in [0.4, 0.5) is 13.2 Å². The van der Waals surface area contributed by atoms with E-state index < -0.39 is 17.5 Å². The molecule has 0 bridgehead atoms. The monoisotopic (exact) mass is 422 g/mol. The first-order chi connectivity index (χ1) is 10.0. The van der Waals surface area contributed by atoms with Gasteiger partial charge in [-0.25, -0.2) is 18.2 Å². The first-order valence-electron chi connectivity index (χ1n) is 5.89. The van der Waals surface area contributed by atoms with Crippen LogP contribution in [-0.2, 0) is 5.88 Å². The molecule has 0 unspecified atom stereocenters.